The summed E-state index contributed by atoms with van der Waals surface area (Å²) in [5, 5.41) is 10.5. The molecule has 3 aromatic carbocycles. The lowest BCUT2D eigenvalue weighted by atomic mass is 10.1. The van der Waals surface area contributed by atoms with Crippen molar-refractivity contribution in [1.29, 1.82) is 0 Å². The summed E-state index contributed by atoms with van der Waals surface area (Å²) < 4.78 is 0. The molecule has 0 radical (unpaired) electrons. The number of aromatic carboxylic acids is 1. The first-order valence-corrected chi connectivity index (χ1v) is 11.9. The van der Waals surface area contributed by atoms with Gasteiger partial charge in [0.15, 0.2) is 0 Å². The quantitative estimate of drug-likeness (QED) is 0.271. The summed E-state index contributed by atoms with van der Waals surface area (Å²) in [7, 11) is 0. The van der Waals surface area contributed by atoms with Gasteiger partial charge in [0.25, 0.3) is 32.8 Å². The molecule has 0 saturated carbocycles. The molecule has 0 atom stereocenters. The number of carbonyl (C=O) groups is 7. The molecule has 0 aliphatic rings. The number of hydrogen-bond donors (Lipinski definition) is 3. The molecule has 0 aliphatic carbocycles. The van der Waals surface area contributed by atoms with Gasteiger partial charge >= 0.3 is 5.97 Å². The molecule has 3 rings (SSSR count). The Morgan fingerprint density at radius 1 is 0.436 bits per heavy atom. The van der Waals surface area contributed by atoms with E-state index < -0.39 is 38.8 Å². The minimum Gasteiger partial charge on any atom is -0.478 e. The summed E-state index contributed by atoms with van der Waals surface area (Å²) in [5.41, 5.74) is -1.68. The topological polar surface area (TPSA) is 164 Å². The van der Waals surface area contributed by atoms with E-state index in [-0.39, 0.29) is 50.3 Å². The predicted octanol–water partition coefficient (Wildman–Crippen LogP) is 5.41. The van der Waals surface area contributed by atoms with Gasteiger partial charge in [-0.15, -0.1) is 0 Å². The van der Waals surface area contributed by atoms with Crippen LogP contribution in [0, 0.1) is 0 Å². The fourth-order valence-electron chi connectivity index (χ4n) is 3.27. The number of amides is 2. The van der Waals surface area contributed by atoms with Crippen molar-refractivity contribution in [3.05, 3.63) is 93.5 Å². The minimum atomic E-state index is -1.41. The van der Waals surface area contributed by atoms with E-state index in [0.717, 1.165) is 48.5 Å². The molecule has 14 heteroatoms. The average molecular weight is 610 g/mol. The first-order chi connectivity index (χ1) is 18.2. The number of anilines is 2. The van der Waals surface area contributed by atoms with Crippen LogP contribution < -0.4 is 10.6 Å². The van der Waals surface area contributed by atoms with Crippen LogP contribution in [0.3, 0.4) is 0 Å². The summed E-state index contributed by atoms with van der Waals surface area (Å²) in [4.78, 5) is 83.7. The Morgan fingerprint density at radius 2 is 0.718 bits per heavy atom. The van der Waals surface area contributed by atoms with Crippen molar-refractivity contribution in [3.63, 3.8) is 0 Å². The monoisotopic (exact) mass is 608 g/mol. The van der Waals surface area contributed by atoms with E-state index in [1.165, 1.54) is 6.07 Å². The maximum atomic E-state index is 12.9. The minimum absolute atomic E-state index is 0.0992. The second-order valence-corrected chi connectivity index (χ2v) is 9.08. The highest BCUT2D eigenvalue weighted by Crippen LogP contribution is 2.23. The van der Waals surface area contributed by atoms with Crippen LogP contribution in [0.5, 0.6) is 0 Å². The van der Waals surface area contributed by atoms with Crippen LogP contribution in [0.15, 0.2) is 54.6 Å². The third kappa shape index (κ3) is 7.49. The highest BCUT2D eigenvalue weighted by Gasteiger charge is 2.18. The standard InChI is InChI=1S/C25H12Cl4N2O8/c26-19(32)10-1-11(20(27)33)4-14(3-10)23(36)30-17-7-16(25(38)39)8-18(9-17)31-24(37)15-5-12(21(28)34)2-13(6-15)22(29)35/h1-9H,(H,30,36)(H,31,37)(H,38,39). The molecule has 10 nitrogen and oxygen atoms in total. The van der Waals surface area contributed by atoms with Crippen molar-refractivity contribution in [2.24, 2.45) is 0 Å². The Balaban J connectivity index is 1.97. The van der Waals surface area contributed by atoms with Gasteiger partial charge in [0.05, 0.1) is 5.56 Å². The Morgan fingerprint density at radius 3 is 0.974 bits per heavy atom. The highest BCUT2D eigenvalue weighted by atomic mass is 35.5. The first-order valence-electron chi connectivity index (χ1n) is 10.4. The van der Waals surface area contributed by atoms with Gasteiger partial charge in [0, 0.05) is 44.8 Å². The van der Waals surface area contributed by atoms with E-state index in [2.05, 4.69) is 10.6 Å². The van der Waals surface area contributed by atoms with E-state index in [1.807, 2.05) is 0 Å². The van der Waals surface area contributed by atoms with Crippen molar-refractivity contribution < 1.29 is 38.7 Å². The van der Waals surface area contributed by atoms with E-state index in [9.17, 15) is 38.7 Å². The van der Waals surface area contributed by atoms with Gasteiger partial charge in [-0.2, -0.15) is 0 Å². The number of benzene rings is 3. The molecule has 0 fully saturated rings. The zero-order valence-electron chi connectivity index (χ0n) is 19.0. The third-order valence-electron chi connectivity index (χ3n) is 4.99. The number of carboxylic acids is 1. The van der Waals surface area contributed by atoms with Crippen molar-refractivity contribution in [2.75, 3.05) is 10.6 Å². The Labute approximate surface area is 238 Å². The van der Waals surface area contributed by atoms with Gasteiger partial charge in [-0.1, -0.05) is 0 Å². The third-order valence-corrected chi connectivity index (χ3v) is 5.87. The van der Waals surface area contributed by atoms with Gasteiger partial charge in [-0.05, 0) is 101 Å². The number of hydrogen-bond acceptors (Lipinski definition) is 7. The molecule has 198 valence electrons. The fraction of sp³-hybridized carbons (Fsp3) is 0. The maximum absolute atomic E-state index is 12.9. The molecule has 0 unspecified atom stereocenters. The van der Waals surface area contributed by atoms with Crippen molar-refractivity contribution in [3.8, 4) is 0 Å². The van der Waals surface area contributed by atoms with Gasteiger partial charge < -0.3 is 15.7 Å². The van der Waals surface area contributed by atoms with Crippen LogP contribution in [-0.4, -0.2) is 43.9 Å². The second kappa shape index (κ2) is 12.2. The van der Waals surface area contributed by atoms with Crippen molar-refractivity contribution in [1.82, 2.24) is 0 Å². The van der Waals surface area contributed by atoms with Gasteiger partial charge in [-0.3, -0.25) is 28.8 Å². The average Bonchev–Trinajstić information content (AvgIpc) is 2.87. The number of carboxylic acid groups (broad SMARTS) is 1. The van der Waals surface area contributed by atoms with E-state index in [1.54, 1.807) is 0 Å². The molecule has 3 N–H and O–H groups in total. The largest absolute Gasteiger partial charge is 0.478 e. The molecule has 0 bridgehead atoms. The summed E-state index contributed by atoms with van der Waals surface area (Å²) >= 11 is 21.9. The van der Waals surface area contributed by atoms with Crippen LogP contribution in [0.2, 0.25) is 0 Å². The van der Waals surface area contributed by atoms with Crippen LogP contribution in [-0.2, 0) is 0 Å². The van der Waals surface area contributed by atoms with Crippen LogP contribution >= 0.6 is 46.4 Å². The fourth-order valence-corrected chi connectivity index (χ4v) is 3.71. The Hall–Kier alpha value is -4.09. The zero-order chi connectivity index (χ0) is 29.0. The van der Waals surface area contributed by atoms with Crippen LogP contribution in [0.25, 0.3) is 0 Å². The van der Waals surface area contributed by atoms with Gasteiger partial charge in [-0.25, -0.2) is 4.79 Å². The molecule has 0 aliphatic heterocycles. The SMILES string of the molecule is O=C(O)c1cc(NC(=O)c2cc(C(=O)Cl)cc(C(=O)Cl)c2)cc(NC(=O)c2cc(C(=O)Cl)cc(C(=O)Cl)c2)c1. The Kier molecular flexibility index (Phi) is 9.20. The molecule has 3 aromatic rings. The Bertz CT molecular complexity index is 1430. The predicted molar refractivity (Wildman–Crippen MR) is 143 cm³/mol. The lowest BCUT2D eigenvalue weighted by molar-refractivity contribution is 0.0695. The normalized spacial score (nSPS) is 10.4. The molecule has 0 heterocycles. The summed E-state index contributed by atoms with van der Waals surface area (Å²) in [6.45, 7) is 0. The second-order valence-electron chi connectivity index (χ2n) is 7.71. The molecule has 0 aromatic heterocycles. The highest BCUT2D eigenvalue weighted by molar-refractivity contribution is 6.69. The summed E-state index contributed by atoms with van der Waals surface area (Å²) in [6, 6.07) is 9.94. The number of carbonyl (C=O) groups excluding carboxylic acids is 6. The molecule has 0 spiro atoms. The van der Waals surface area contributed by atoms with E-state index in [0.29, 0.717) is 0 Å². The molecular weight excluding hydrogens is 598 g/mol. The maximum Gasteiger partial charge on any atom is 0.335 e. The van der Waals surface area contributed by atoms with E-state index >= 15 is 0 Å². The summed E-state index contributed by atoms with van der Waals surface area (Å²) in [5.74, 6) is -3.14. The number of nitrogens with one attached hydrogen (secondary N) is 2. The first kappa shape index (κ1) is 29.5. The van der Waals surface area contributed by atoms with Crippen LogP contribution in [0.1, 0.15) is 72.5 Å². The number of halogens is 4. The molecule has 2 amide bonds. The van der Waals surface area contributed by atoms with Crippen LogP contribution in [0.4, 0.5) is 11.4 Å². The molecular formula is C25H12Cl4N2O8. The lowest BCUT2D eigenvalue weighted by Crippen LogP contribution is -2.16. The van der Waals surface area contributed by atoms with Crippen molar-refractivity contribution >= 4 is 96.5 Å². The lowest BCUT2D eigenvalue weighted by Gasteiger charge is -2.12. The smallest absolute Gasteiger partial charge is 0.335 e. The zero-order valence-corrected chi connectivity index (χ0v) is 22.0. The van der Waals surface area contributed by atoms with Gasteiger partial charge in [0.1, 0.15) is 0 Å². The van der Waals surface area contributed by atoms with E-state index in [4.69, 9.17) is 46.4 Å². The number of rotatable bonds is 9. The van der Waals surface area contributed by atoms with Crippen molar-refractivity contribution in [2.45, 2.75) is 0 Å². The summed E-state index contributed by atoms with van der Waals surface area (Å²) in [6.07, 6.45) is 0. The molecule has 39 heavy (non-hydrogen) atoms. The van der Waals surface area contributed by atoms with Gasteiger partial charge in [0.2, 0.25) is 0 Å². The molecule has 0 saturated heterocycles.